The van der Waals surface area contributed by atoms with Gasteiger partial charge in [0.1, 0.15) is 0 Å². The average Bonchev–Trinajstić information content (AvgIpc) is 2.80. The Balaban J connectivity index is 1.56. The molecule has 1 saturated heterocycles. The van der Waals surface area contributed by atoms with E-state index < -0.39 is 0 Å². The number of piperidine rings is 1. The lowest BCUT2D eigenvalue weighted by atomic mass is 9.92. The van der Waals surface area contributed by atoms with Crippen molar-refractivity contribution in [3.63, 3.8) is 0 Å². The van der Waals surface area contributed by atoms with E-state index in [-0.39, 0.29) is 5.91 Å². The molecular weight excluding hydrogens is 226 g/mol. The van der Waals surface area contributed by atoms with E-state index in [9.17, 15) is 4.79 Å². The monoisotopic (exact) mass is 245 g/mol. The van der Waals surface area contributed by atoms with Crippen molar-refractivity contribution in [1.82, 2.24) is 5.32 Å². The molecule has 1 saturated carbocycles. The fraction of sp³-hybridized carbons (Fsp3) is 0.533. The zero-order chi connectivity index (χ0) is 12.4. The van der Waals surface area contributed by atoms with Gasteiger partial charge in [-0.1, -0.05) is 30.3 Å². The molecule has 1 aliphatic carbocycles. The number of benzene rings is 1. The molecule has 18 heavy (non-hydrogen) atoms. The van der Waals surface area contributed by atoms with Gasteiger partial charge in [0, 0.05) is 18.4 Å². The number of amides is 1. The van der Waals surface area contributed by atoms with E-state index in [1.54, 1.807) is 0 Å². The van der Waals surface area contributed by atoms with Crippen LogP contribution in [0.15, 0.2) is 30.3 Å². The van der Waals surface area contributed by atoms with Gasteiger partial charge in [-0.2, -0.15) is 0 Å². The highest BCUT2D eigenvalue weighted by molar-refractivity contribution is 5.77. The van der Waals surface area contributed by atoms with Crippen molar-refractivity contribution in [3.8, 4) is 0 Å². The summed E-state index contributed by atoms with van der Waals surface area (Å²) in [5.74, 6) is 0.728. The van der Waals surface area contributed by atoms with E-state index in [1.165, 1.54) is 5.56 Å². The van der Waals surface area contributed by atoms with E-state index >= 15 is 0 Å². The quantitative estimate of drug-likeness (QED) is 0.887. The number of hydrogen-bond donors (Lipinski definition) is 1. The van der Waals surface area contributed by atoms with E-state index in [0.29, 0.717) is 31.1 Å². The van der Waals surface area contributed by atoms with Gasteiger partial charge < -0.3 is 10.1 Å². The zero-order valence-electron chi connectivity index (χ0n) is 10.5. The van der Waals surface area contributed by atoms with Crippen LogP contribution in [0, 0.1) is 5.92 Å². The standard InChI is InChI=1S/C15H19NO2/c17-15-9-6-12-13(16-15)7-8-14(12)18-10-11-4-2-1-3-5-11/h1-5,12-14H,6-10H2,(H,16,17)/t12-,13-,14?/m0/s1. The molecule has 3 rings (SSSR count). The van der Waals surface area contributed by atoms with E-state index in [0.717, 1.165) is 19.3 Å². The summed E-state index contributed by atoms with van der Waals surface area (Å²) in [5.41, 5.74) is 1.22. The fourth-order valence-corrected chi connectivity index (χ4v) is 3.16. The molecule has 0 aromatic heterocycles. The Hall–Kier alpha value is -1.35. The second kappa shape index (κ2) is 5.11. The normalized spacial score (nSPS) is 30.9. The van der Waals surface area contributed by atoms with Gasteiger partial charge in [-0.05, 0) is 24.8 Å². The lowest BCUT2D eigenvalue weighted by Crippen LogP contribution is -2.44. The van der Waals surface area contributed by atoms with Crippen molar-refractivity contribution in [2.45, 2.75) is 44.4 Å². The van der Waals surface area contributed by atoms with Gasteiger partial charge in [0.05, 0.1) is 12.7 Å². The van der Waals surface area contributed by atoms with Crippen molar-refractivity contribution in [3.05, 3.63) is 35.9 Å². The maximum absolute atomic E-state index is 11.3. The van der Waals surface area contributed by atoms with E-state index in [1.807, 2.05) is 18.2 Å². The van der Waals surface area contributed by atoms with Crippen molar-refractivity contribution in [1.29, 1.82) is 0 Å². The molecule has 3 nitrogen and oxygen atoms in total. The Bertz CT molecular complexity index is 418. The van der Waals surface area contributed by atoms with Crippen LogP contribution in [0.1, 0.15) is 31.2 Å². The minimum atomic E-state index is 0.208. The molecule has 0 radical (unpaired) electrons. The van der Waals surface area contributed by atoms with Gasteiger partial charge >= 0.3 is 0 Å². The van der Waals surface area contributed by atoms with E-state index in [4.69, 9.17) is 4.74 Å². The summed E-state index contributed by atoms with van der Waals surface area (Å²) in [6.45, 7) is 0.683. The Morgan fingerprint density at radius 2 is 2.00 bits per heavy atom. The second-order valence-electron chi connectivity index (χ2n) is 5.29. The maximum atomic E-state index is 11.3. The van der Waals surface area contributed by atoms with Crippen molar-refractivity contribution < 1.29 is 9.53 Å². The summed E-state index contributed by atoms with van der Waals surface area (Å²) in [5, 5.41) is 3.09. The summed E-state index contributed by atoms with van der Waals surface area (Å²) in [6.07, 6.45) is 4.09. The molecule has 1 aromatic carbocycles. The molecule has 1 N–H and O–H groups in total. The minimum Gasteiger partial charge on any atom is -0.373 e. The summed E-state index contributed by atoms with van der Waals surface area (Å²) >= 11 is 0. The van der Waals surface area contributed by atoms with Gasteiger partial charge in [0.15, 0.2) is 0 Å². The highest BCUT2D eigenvalue weighted by atomic mass is 16.5. The average molecular weight is 245 g/mol. The predicted molar refractivity (Wildman–Crippen MR) is 68.9 cm³/mol. The maximum Gasteiger partial charge on any atom is 0.220 e. The molecule has 96 valence electrons. The van der Waals surface area contributed by atoms with Gasteiger partial charge in [0.2, 0.25) is 5.91 Å². The van der Waals surface area contributed by atoms with Crippen molar-refractivity contribution in [2.75, 3.05) is 0 Å². The SMILES string of the molecule is O=C1CC[C@@H]2C(OCc3ccccc3)CC[C@@H]2N1. The van der Waals surface area contributed by atoms with Gasteiger partial charge in [0.25, 0.3) is 0 Å². The first-order valence-corrected chi connectivity index (χ1v) is 6.78. The second-order valence-corrected chi connectivity index (χ2v) is 5.29. The summed E-state index contributed by atoms with van der Waals surface area (Å²) in [6, 6.07) is 10.6. The number of nitrogens with one attached hydrogen (secondary N) is 1. The number of carbonyl (C=O) groups excluding carboxylic acids is 1. The third-order valence-corrected chi connectivity index (χ3v) is 4.11. The van der Waals surface area contributed by atoms with Crippen molar-refractivity contribution in [2.24, 2.45) is 5.92 Å². The summed E-state index contributed by atoms with van der Waals surface area (Å²) in [4.78, 5) is 11.3. The lowest BCUT2D eigenvalue weighted by molar-refractivity contribution is -0.125. The van der Waals surface area contributed by atoms with Gasteiger partial charge in [-0.3, -0.25) is 4.79 Å². The molecule has 2 fully saturated rings. The molecule has 3 heteroatoms. The van der Waals surface area contributed by atoms with Crippen LogP contribution in [0.5, 0.6) is 0 Å². The van der Waals surface area contributed by atoms with Gasteiger partial charge in [-0.25, -0.2) is 0 Å². The summed E-state index contributed by atoms with van der Waals surface area (Å²) < 4.78 is 6.04. The van der Waals surface area contributed by atoms with Crippen LogP contribution in [0.3, 0.4) is 0 Å². The molecule has 0 bridgehead atoms. The molecule has 1 aromatic rings. The van der Waals surface area contributed by atoms with Crippen LogP contribution in [0.4, 0.5) is 0 Å². The number of carbonyl (C=O) groups is 1. The van der Waals surface area contributed by atoms with Crippen LogP contribution in [0.25, 0.3) is 0 Å². The molecule has 1 heterocycles. The third kappa shape index (κ3) is 2.41. The third-order valence-electron chi connectivity index (χ3n) is 4.11. The Labute approximate surface area is 108 Å². The van der Waals surface area contributed by atoms with E-state index in [2.05, 4.69) is 17.4 Å². The molecule has 1 aliphatic heterocycles. The van der Waals surface area contributed by atoms with Gasteiger partial charge in [-0.15, -0.1) is 0 Å². The largest absolute Gasteiger partial charge is 0.373 e. The zero-order valence-corrected chi connectivity index (χ0v) is 10.5. The van der Waals surface area contributed by atoms with Crippen LogP contribution in [-0.4, -0.2) is 18.1 Å². The molecule has 2 aliphatic rings. The Morgan fingerprint density at radius 1 is 1.17 bits per heavy atom. The number of ether oxygens (including phenoxy) is 1. The number of hydrogen-bond acceptors (Lipinski definition) is 2. The first kappa shape index (κ1) is 11.7. The lowest BCUT2D eigenvalue weighted by Gasteiger charge is -2.29. The van der Waals surface area contributed by atoms with Crippen LogP contribution in [-0.2, 0) is 16.1 Å². The highest BCUT2D eigenvalue weighted by Crippen LogP contribution is 2.35. The summed E-state index contributed by atoms with van der Waals surface area (Å²) in [7, 11) is 0. The molecule has 1 unspecified atom stereocenters. The van der Waals surface area contributed by atoms with Crippen LogP contribution < -0.4 is 5.32 Å². The first-order chi connectivity index (χ1) is 8.83. The smallest absolute Gasteiger partial charge is 0.220 e. The minimum absolute atomic E-state index is 0.208. The highest BCUT2D eigenvalue weighted by Gasteiger charge is 2.40. The molecule has 0 spiro atoms. The van der Waals surface area contributed by atoms with Crippen LogP contribution in [0.2, 0.25) is 0 Å². The molecular formula is C15H19NO2. The molecule has 1 amide bonds. The van der Waals surface area contributed by atoms with Crippen molar-refractivity contribution >= 4 is 5.91 Å². The van der Waals surface area contributed by atoms with Crippen LogP contribution >= 0.6 is 0 Å². The number of fused-ring (bicyclic) bond motifs is 1. The topological polar surface area (TPSA) is 38.3 Å². The number of rotatable bonds is 3. The Morgan fingerprint density at radius 3 is 2.83 bits per heavy atom. The fourth-order valence-electron chi connectivity index (χ4n) is 3.16. The predicted octanol–water partition coefficient (Wildman–Crippen LogP) is 2.26. The molecule has 3 atom stereocenters. The Kier molecular flexibility index (Phi) is 3.33. The first-order valence-electron chi connectivity index (χ1n) is 6.78.